The first-order valence-corrected chi connectivity index (χ1v) is 8.29. The molecule has 2 aromatic carbocycles. The summed E-state index contributed by atoms with van der Waals surface area (Å²) in [6.45, 7) is -0.412. The van der Waals surface area contributed by atoms with Crippen molar-refractivity contribution in [2.24, 2.45) is 0 Å². The van der Waals surface area contributed by atoms with Crippen LogP contribution in [0.1, 0.15) is 0 Å². The first-order chi connectivity index (χ1) is 13.3. The van der Waals surface area contributed by atoms with Crippen LogP contribution in [0, 0.1) is 15.9 Å². The molecule has 0 radical (unpaired) electrons. The number of hydrogen-bond acceptors (Lipinski definition) is 5. The molecule has 0 saturated heterocycles. The second-order valence-corrected chi connectivity index (χ2v) is 6.10. The SMILES string of the molecule is O=C(Cn1nc(-c2ccc(F)cc2)ccc1=O)Nc1ccc(Cl)c([N+](=O)[O-])c1. The number of anilines is 1. The van der Waals surface area contributed by atoms with Crippen molar-refractivity contribution in [2.45, 2.75) is 6.54 Å². The Morgan fingerprint density at radius 3 is 2.57 bits per heavy atom. The quantitative estimate of drug-likeness (QED) is 0.520. The molecule has 1 heterocycles. The number of nitrogens with one attached hydrogen (secondary N) is 1. The predicted octanol–water partition coefficient (Wildman–Crippen LogP) is 3.25. The molecule has 10 heteroatoms. The van der Waals surface area contributed by atoms with Crippen molar-refractivity contribution in [2.75, 3.05) is 5.32 Å². The molecule has 0 fully saturated rings. The third kappa shape index (κ3) is 4.38. The lowest BCUT2D eigenvalue weighted by molar-refractivity contribution is -0.384. The van der Waals surface area contributed by atoms with E-state index < -0.39 is 28.8 Å². The maximum Gasteiger partial charge on any atom is 0.289 e. The number of carbonyl (C=O) groups is 1. The molecule has 3 rings (SSSR count). The zero-order valence-electron chi connectivity index (χ0n) is 14.1. The number of hydrogen-bond donors (Lipinski definition) is 1. The molecule has 1 N–H and O–H groups in total. The van der Waals surface area contributed by atoms with Crippen molar-refractivity contribution in [3.05, 3.63) is 85.9 Å². The summed E-state index contributed by atoms with van der Waals surface area (Å²) in [5.74, 6) is -1.02. The van der Waals surface area contributed by atoms with E-state index in [1.807, 2.05) is 0 Å². The molecule has 1 aromatic heterocycles. The minimum atomic E-state index is -0.670. The Morgan fingerprint density at radius 1 is 1.18 bits per heavy atom. The van der Waals surface area contributed by atoms with Gasteiger partial charge in [-0.25, -0.2) is 9.07 Å². The number of nitro benzene ring substituents is 1. The van der Waals surface area contributed by atoms with Crippen molar-refractivity contribution in [3.63, 3.8) is 0 Å². The highest BCUT2D eigenvalue weighted by Crippen LogP contribution is 2.27. The number of aromatic nitrogens is 2. The highest BCUT2D eigenvalue weighted by Gasteiger charge is 2.15. The van der Waals surface area contributed by atoms with E-state index >= 15 is 0 Å². The minimum Gasteiger partial charge on any atom is -0.324 e. The van der Waals surface area contributed by atoms with Gasteiger partial charge in [-0.1, -0.05) is 11.6 Å². The molecular formula is C18H12ClFN4O4. The second kappa shape index (κ2) is 7.97. The zero-order valence-corrected chi connectivity index (χ0v) is 14.9. The maximum absolute atomic E-state index is 13.0. The first kappa shape index (κ1) is 19.2. The summed E-state index contributed by atoms with van der Waals surface area (Å²) in [6, 6.07) is 12.0. The lowest BCUT2D eigenvalue weighted by Crippen LogP contribution is -2.29. The summed E-state index contributed by atoms with van der Waals surface area (Å²) >= 11 is 5.73. The van der Waals surface area contributed by atoms with Crippen LogP contribution >= 0.6 is 11.6 Å². The monoisotopic (exact) mass is 402 g/mol. The molecule has 0 atom stereocenters. The topological polar surface area (TPSA) is 107 Å². The van der Waals surface area contributed by atoms with Gasteiger partial charge >= 0.3 is 0 Å². The number of benzene rings is 2. The Kier molecular flexibility index (Phi) is 5.46. The van der Waals surface area contributed by atoms with Crippen LogP contribution in [-0.2, 0) is 11.3 Å². The fourth-order valence-electron chi connectivity index (χ4n) is 2.40. The Morgan fingerprint density at radius 2 is 1.89 bits per heavy atom. The molecule has 1 amide bonds. The van der Waals surface area contributed by atoms with Crippen LogP contribution in [0.5, 0.6) is 0 Å². The second-order valence-electron chi connectivity index (χ2n) is 5.69. The van der Waals surface area contributed by atoms with Gasteiger partial charge in [0.05, 0.1) is 10.6 Å². The molecule has 142 valence electrons. The Bertz CT molecular complexity index is 1120. The molecule has 0 bridgehead atoms. The Hall–Kier alpha value is -3.59. The molecular weight excluding hydrogens is 391 g/mol. The normalized spacial score (nSPS) is 10.5. The molecule has 3 aromatic rings. The van der Waals surface area contributed by atoms with Crippen LogP contribution in [0.25, 0.3) is 11.3 Å². The molecule has 0 saturated carbocycles. The standard InChI is InChI=1S/C18H12ClFN4O4/c19-14-6-5-13(9-16(14)24(27)28)21-17(25)10-23-18(26)8-7-15(22-23)11-1-3-12(20)4-2-11/h1-9H,10H2,(H,21,25). The number of rotatable bonds is 5. The summed E-state index contributed by atoms with van der Waals surface area (Å²) in [5, 5.41) is 17.4. The van der Waals surface area contributed by atoms with Gasteiger partial charge in [-0.3, -0.25) is 19.7 Å². The summed E-state index contributed by atoms with van der Waals surface area (Å²) in [4.78, 5) is 34.5. The van der Waals surface area contributed by atoms with Gasteiger partial charge in [-0.15, -0.1) is 0 Å². The van der Waals surface area contributed by atoms with Crippen molar-refractivity contribution in [1.82, 2.24) is 9.78 Å². The van der Waals surface area contributed by atoms with Crippen LogP contribution in [0.3, 0.4) is 0 Å². The van der Waals surface area contributed by atoms with Gasteiger partial charge < -0.3 is 5.32 Å². The van der Waals surface area contributed by atoms with E-state index in [1.54, 1.807) is 0 Å². The van der Waals surface area contributed by atoms with E-state index in [-0.39, 0.29) is 16.4 Å². The van der Waals surface area contributed by atoms with Gasteiger partial charge in [0.25, 0.3) is 11.2 Å². The van der Waals surface area contributed by atoms with Gasteiger partial charge in [0.2, 0.25) is 5.91 Å². The number of amides is 1. The molecule has 28 heavy (non-hydrogen) atoms. The van der Waals surface area contributed by atoms with Crippen molar-refractivity contribution < 1.29 is 14.1 Å². The number of halogens is 2. The van der Waals surface area contributed by atoms with Gasteiger partial charge in [-0.05, 0) is 42.5 Å². The lowest BCUT2D eigenvalue weighted by Gasteiger charge is -2.08. The van der Waals surface area contributed by atoms with Gasteiger partial charge in [-0.2, -0.15) is 5.10 Å². The van der Waals surface area contributed by atoms with Crippen LogP contribution in [0.2, 0.25) is 5.02 Å². The fourth-order valence-corrected chi connectivity index (χ4v) is 2.59. The van der Waals surface area contributed by atoms with Gasteiger partial charge in [0, 0.05) is 23.4 Å². The molecule has 0 aliphatic heterocycles. The number of nitrogens with zero attached hydrogens (tertiary/aromatic N) is 3. The Labute approximate surface area is 162 Å². The number of carbonyl (C=O) groups excluding carboxylic acids is 1. The third-order valence-electron chi connectivity index (χ3n) is 3.73. The van der Waals surface area contributed by atoms with Crippen molar-refractivity contribution >= 4 is 28.9 Å². The predicted molar refractivity (Wildman–Crippen MR) is 101 cm³/mol. The maximum atomic E-state index is 13.0. The molecule has 0 spiro atoms. The molecule has 0 unspecified atom stereocenters. The molecule has 0 aliphatic rings. The summed E-state index contributed by atoms with van der Waals surface area (Å²) in [6.07, 6.45) is 0. The van der Waals surface area contributed by atoms with E-state index in [9.17, 15) is 24.1 Å². The van der Waals surface area contributed by atoms with E-state index in [4.69, 9.17) is 11.6 Å². The van der Waals surface area contributed by atoms with E-state index in [2.05, 4.69) is 10.4 Å². The van der Waals surface area contributed by atoms with E-state index in [1.165, 1.54) is 48.5 Å². The average Bonchev–Trinajstić information content (AvgIpc) is 2.65. The first-order valence-electron chi connectivity index (χ1n) is 7.91. The fraction of sp³-hybridized carbons (Fsp3) is 0.0556. The van der Waals surface area contributed by atoms with E-state index in [0.717, 1.165) is 10.7 Å². The highest BCUT2D eigenvalue weighted by molar-refractivity contribution is 6.32. The summed E-state index contributed by atoms with van der Waals surface area (Å²) < 4.78 is 14.0. The van der Waals surface area contributed by atoms with Crippen LogP contribution in [0.4, 0.5) is 15.8 Å². The molecule has 0 aliphatic carbocycles. The highest BCUT2D eigenvalue weighted by atomic mass is 35.5. The minimum absolute atomic E-state index is 0.0621. The summed E-state index contributed by atoms with van der Waals surface area (Å²) in [5.41, 5.74) is 0.249. The van der Waals surface area contributed by atoms with Crippen LogP contribution in [-0.4, -0.2) is 20.6 Å². The number of nitro groups is 1. The van der Waals surface area contributed by atoms with Crippen molar-refractivity contribution in [3.8, 4) is 11.3 Å². The van der Waals surface area contributed by atoms with Gasteiger partial charge in [0.15, 0.2) is 0 Å². The van der Waals surface area contributed by atoms with Crippen LogP contribution in [0.15, 0.2) is 59.4 Å². The lowest BCUT2D eigenvalue weighted by atomic mass is 10.1. The van der Waals surface area contributed by atoms with Gasteiger partial charge in [0.1, 0.15) is 17.4 Å². The van der Waals surface area contributed by atoms with Crippen molar-refractivity contribution in [1.29, 1.82) is 0 Å². The third-order valence-corrected chi connectivity index (χ3v) is 4.05. The van der Waals surface area contributed by atoms with E-state index in [0.29, 0.717) is 11.3 Å². The smallest absolute Gasteiger partial charge is 0.289 e. The zero-order chi connectivity index (χ0) is 20.3. The summed E-state index contributed by atoms with van der Waals surface area (Å²) in [7, 11) is 0. The van der Waals surface area contributed by atoms with Crippen LogP contribution < -0.4 is 10.9 Å². The average molecular weight is 403 g/mol. The largest absolute Gasteiger partial charge is 0.324 e. The Balaban J connectivity index is 1.80. The molecule has 8 nitrogen and oxygen atoms in total.